The Balaban J connectivity index is 1.59. The van der Waals surface area contributed by atoms with Gasteiger partial charge in [-0.1, -0.05) is 59.6 Å². The maximum atomic E-state index is 13.1. The Morgan fingerprint density at radius 2 is 1.49 bits per heavy atom. The molecule has 4 rings (SSSR count). The van der Waals surface area contributed by atoms with Crippen LogP contribution in [0.25, 0.3) is 10.8 Å². The van der Waals surface area contributed by atoms with E-state index in [-0.39, 0.29) is 33.3 Å². The molecule has 0 saturated carbocycles. The van der Waals surface area contributed by atoms with Crippen LogP contribution in [-0.2, 0) is 16.6 Å². The summed E-state index contributed by atoms with van der Waals surface area (Å²) in [4.78, 5) is 26.7. The Hall–Kier alpha value is -3.59. The van der Waals surface area contributed by atoms with E-state index in [4.69, 9.17) is 23.2 Å². The lowest BCUT2D eigenvalue weighted by Gasteiger charge is -2.14. The number of nitrogens with zero attached hydrogens (tertiary/aromatic N) is 1. The van der Waals surface area contributed by atoms with Gasteiger partial charge in [0.1, 0.15) is 0 Å². The number of carbonyl (C=O) groups excluding carboxylic acids is 2. The standard InChI is InChI=1S/C27H23Cl2N3O4S/c1-32(2)27(34)18-7-3-6-17(12-18)16-30-26(33)24-10-4-9-23-22(24)8-5-11-25(23)31-37(35,36)21-14-19(28)13-20(29)15-21/h3-15,31H,16H2,1-2H3,(H,30,33). The van der Waals surface area contributed by atoms with Gasteiger partial charge in [0.25, 0.3) is 21.8 Å². The molecule has 7 nitrogen and oxygen atoms in total. The van der Waals surface area contributed by atoms with Gasteiger partial charge in [-0.05, 0) is 53.4 Å². The first-order chi connectivity index (χ1) is 17.5. The molecule has 37 heavy (non-hydrogen) atoms. The summed E-state index contributed by atoms with van der Waals surface area (Å²) in [5.41, 5.74) is 1.98. The fraction of sp³-hybridized carbons (Fsp3) is 0.111. The highest BCUT2D eigenvalue weighted by atomic mass is 35.5. The number of nitrogens with one attached hydrogen (secondary N) is 2. The topological polar surface area (TPSA) is 95.6 Å². The summed E-state index contributed by atoms with van der Waals surface area (Å²) in [6, 6.07) is 21.2. The zero-order chi connectivity index (χ0) is 26.7. The van der Waals surface area contributed by atoms with E-state index in [1.54, 1.807) is 68.7 Å². The number of sulfonamides is 1. The van der Waals surface area contributed by atoms with Gasteiger partial charge in [0.2, 0.25) is 0 Å². The smallest absolute Gasteiger partial charge is 0.262 e. The average molecular weight is 556 g/mol. The maximum Gasteiger partial charge on any atom is 0.262 e. The molecule has 2 amide bonds. The summed E-state index contributed by atoms with van der Waals surface area (Å²) < 4.78 is 28.6. The van der Waals surface area contributed by atoms with Gasteiger partial charge in [-0.15, -0.1) is 0 Å². The summed E-state index contributed by atoms with van der Waals surface area (Å²) in [5, 5.41) is 4.39. The maximum absolute atomic E-state index is 13.1. The first-order valence-electron chi connectivity index (χ1n) is 11.1. The highest BCUT2D eigenvalue weighted by Crippen LogP contribution is 2.30. The van der Waals surface area contributed by atoms with Crippen molar-refractivity contribution >= 4 is 61.5 Å². The van der Waals surface area contributed by atoms with Crippen molar-refractivity contribution in [1.82, 2.24) is 10.2 Å². The Morgan fingerprint density at radius 1 is 0.838 bits per heavy atom. The van der Waals surface area contributed by atoms with E-state index < -0.39 is 10.0 Å². The van der Waals surface area contributed by atoms with Gasteiger partial charge in [-0.25, -0.2) is 8.42 Å². The molecule has 0 saturated heterocycles. The van der Waals surface area contributed by atoms with Gasteiger partial charge in [-0.2, -0.15) is 0 Å². The van der Waals surface area contributed by atoms with Gasteiger partial charge < -0.3 is 10.2 Å². The first-order valence-corrected chi connectivity index (χ1v) is 13.4. The minimum Gasteiger partial charge on any atom is -0.348 e. The molecule has 2 N–H and O–H groups in total. The third-order valence-corrected chi connectivity index (χ3v) is 7.37. The molecule has 0 fully saturated rings. The van der Waals surface area contributed by atoms with Crippen molar-refractivity contribution in [2.24, 2.45) is 0 Å². The van der Waals surface area contributed by atoms with Gasteiger partial charge in [0, 0.05) is 47.2 Å². The van der Waals surface area contributed by atoms with E-state index in [9.17, 15) is 18.0 Å². The lowest BCUT2D eigenvalue weighted by Crippen LogP contribution is -2.24. The van der Waals surface area contributed by atoms with Crippen LogP contribution in [0.3, 0.4) is 0 Å². The third-order valence-electron chi connectivity index (χ3n) is 5.59. The lowest BCUT2D eigenvalue weighted by molar-refractivity contribution is 0.0827. The van der Waals surface area contributed by atoms with Crippen LogP contribution in [-0.4, -0.2) is 39.2 Å². The normalized spacial score (nSPS) is 11.2. The Bertz CT molecular complexity index is 1600. The monoisotopic (exact) mass is 555 g/mol. The van der Waals surface area contributed by atoms with Crippen molar-refractivity contribution in [2.75, 3.05) is 18.8 Å². The number of amides is 2. The zero-order valence-electron chi connectivity index (χ0n) is 20.0. The molecule has 0 atom stereocenters. The molecule has 4 aromatic rings. The molecule has 190 valence electrons. The minimum absolute atomic E-state index is 0.0779. The summed E-state index contributed by atoms with van der Waals surface area (Å²) in [6.07, 6.45) is 0. The van der Waals surface area contributed by atoms with Gasteiger partial charge in [-0.3, -0.25) is 14.3 Å². The van der Waals surface area contributed by atoms with Gasteiger partial charge in [0.05, 0.1) is 10.6 Å². The minimum atomic E-state index is -4.00. The van der Waals surface area contributed by atoms with Crippen LogP contribution in [0.2, 0.25) is 10.0 Å². The zero-order valence-corrected chi connectivity index (χ0v) is 22.3. The fourth-order valence-electron chi connectivity index (χ4n) is 3.83. The van der Waals surface area contributed by atoms with Crippen molar-refractivity contribution in [3.05, 3.63) is 106 Å². The summed E-state index contributed by atoms with van der Waals surface area (Å²) in [7, 11) is -0.644. The highest BCUT2D eigenvalue weighted by Gasteiger charge is 2.19. The van der Waals surface area contributed by atoms with Gasteiger partial charge in [0.15, 0.2) is 0 Å². The number of hydrogen-bond acceptors (Lipinski definition) is 4. The quantitative estimate of drug-likeness (QED) is 0.311. The lowest BCUT2D eigenvalue weighted by atomic mass is 10.0. The predicted molar refractivity (Wildman–Crippen MR) is 147 cm³/mol. The molecule has 0 heterocycles. The predicted octanol–water partition coefficient (Wildman–Crippen LogP) is 5.58. The van der Waals surface area contributed by atoms with Gasteiger partial charge >= 0.3 is 0 Å². The number of halogens is 2. The van der Waals surface area contributed by atoms with E-state index in [1.807, 2.05) is 6.07 Å². The second-order valence-corrected chi connectivity index (χ2v) is 11.1. The highest BCUT2D eigenvalue weighted by molar-refractivity contribution is 7.92. The second-order valence-electron chi connectivity index (χ2n) is 8.50. The molecule has 0 spiro atoms. The van der Waals surface area contributed by atoms with Crippen molar-refractivity contribution in [3.8, 4) is 0 Å². The molecule has 0 aliphatic heterocycles. The van der Waals surface area contributed by atoms with Crippen LogP contribution in [0, 0.1) is 0 Å². The van der Waals surface area contributed by atoms with E-state index in [0.29, 0.717) is 27.6 Å². The van der Waals surface area contributed by atoms with E-state index >= 15 is 0 Å². The summed E-state index contributed by atoms with van der Waals surface area (Å²) in [6.45, 7) is 0.214. The van der Waals surface area contributed by atoms with Crippen LogP contribution in [0.15, 0.2) is 83.8 Å². The molecule has 0 unspecified atom stereocenters. The van der Waals surface area contributed by atoms with E-state index in [0.717, 1.165) is 5.56 Å². The molecular formula is C27H23Cl2N3O4S. The van der Waals surface area contributed by atoms with E-state index in [1.165, 1.54) is 23.1 Å². The van der Waals surface area contributed by atoms with Crippen LogP contribution in [0.5, 0.6) is 0 Å². The second kappa shape index (κ2) is 10.8. The number of rotatable bonds is 7. The Labute approximate surface area is 225 Å². The largest absolute Gasteiger partial charge is 0.348 e. The average Bonchev–Trinajstić information content (AvgIpc) is 2.86. The number of hydrogen-bond donors (Lipinski definition) is 2. The molecule has 0 aromatic heterocycles. The number of anilines is 1. The van der Waals surface area contributed by atoms with Crippen molar-refractivity contribution in [1.29, 1.82) is 0 Å². The number of fused-ring (bicyclic) bond motifs is 1. The summed E-state index contributed by atoms with van der Waals surface area (Å²) >= 11 is 12.0. The molecule has 4 aromatic carbocycles. The van der Waals surface area contributed by atoms with Crippen LogP contribution in [0.1, 0.15) is 26.3 Å². The SMILES string of the molecule is CN(C)C(=O)c1cccc(CNC(=O)c2cccc3c(NS(=O)(=O)c4cc(Cl)cc(Cl)c4)cccc23)c1. The number of carbonyl (C=O) groups is 2. The summed E-state index contributed by atoms with van der Waals surface area (Å²) in [5.74, 6) is -0.464. The molecule has 10 heteroatoms. The van der Waals surface area contributed by atoms with Crippen molar-refractivity contribution in [3.63, 3.8) is 0 Å². The molecule has 0 radical (unpaired) electrons. The molecule has 0 aliphatic carbocycles. The third kappa shape index (κ3) is 6.05. The van der Waals surface area contributed by atoms with Crippen molar-refractivity contribution < 1.29 is 18.0 Å². The molecule has 0 bridgehead atoms. The van der Waals surface area contributed by atoms with Crippen LogP contribution in [0.4, 0.5) is 5.69 Å². The Morgan fingerprint density at radius 3 is 2.19 bits per heavy atom. The van der Waals surface area contributed by atoms with E-state index in [2.05, 4.69) is 10.0 Å². The molecular weight excluding hydrogens is 533 g/mol. The van der Waals surface area contributed by atoms with Crippen LogP contribution >= 0.6 is 23.2 Å². The fourth-order valence-corrected chi connectivity index (χ4v) is 5.64. The van der Waals surface area contributed by atoms with Crippen molar-refractivity contribution in [2.45, 2.75) is 11.4 Å². The molecule has 0 aliphatic rings. The number of benzene rings is 4. The Kier molecular flexibility index (Phi) is 7.73. The van der Waals surface area contributed by atoms with Crippen LogP contribution < -0.4 is 10.0 Å². The first kappa shape index (κ1) is 26.5.